The minimum absolute atomic E-state index is 0.120. The number of nitrogens with zero attached hydrogens (tertiary/aromatic N) is 1. The van der Waals surface area contributed by atoms with E-state index in [-0.39, 0.29) is 31.8 Å². The molecule has 0 fully saturated rings. The van der Waals surface area contributed by atoms with E-state index in [2.05, 4.69) is 12.1 Å². The van der Waals surface area contributed by atoms with Crippen molar-refractivity contribution < 1.29 is 31.3 Å². The van der Waals surface area contributed by atoms with E-state index in [1.165, 1.54) is 7.14 Å². The van der Waals surface area contributed by atoms with Gasteiger partial charge in [0, 0.05) is 12.1 Å². The fraction of sp³-hybridized carbons (Fsp3) is 0. The van der Waals surface area contributed by atoms with E-state index in [1.807, 2.05) is 30.3 Å². The van der Waals surface area contributed by atoms with Crippen molar-refractivity contribution >= 4 is 5.69 Å². The van der Waals surface area contributed by atoms with Gasteiger partial charge in [-0.05, 0) is 24.3 Å². The second kappa shape index (κ2) is 5.07. The second-order valence-corrected chi connectivity index (χ2v) is 6.17. The predicted molar refractivity (Wildman–Crippen MR) is 55.4 cm³/mol. The lowest BCUT2D eigenvalue weighted by molar-refractivity contribution is -0.729. The SMILES string of the molecule is O=[N+](O)c1ccc([I+]c2ccccc2)cc1. The van der Waals surface area contributed by atoms with Crippen LogP contribution in [0, 0.1) is 12.0 Å². The molecule has 0 saturated carbocycles. The minimum Gasteiger partial charge on any atom is -0.241 e. The van der Waals surface area contributed by atoms with E-state index in [4.69, 9.17) is 5.21 Å². The Morgan fingerprint density at radius 1 is 0.875 bits per heavy atom. The molecule has 0 amide bonds. The first-order chi connectivity index (χ1) is 7.75. The molecule has 0 spiro atoms. The van der Waals surface area contributed by atoms with Gasteiger partial charge in [-0.3, -0.25) is 0 Å². The van der Waals surface area contributed by atoms with Crippen LogP contribution in [0.2, 0.25) is 0 Å². The molecule has 0 heterocycles. The first-order valence-electron chi connectivity index (χ1n) is 4.72. The molecule has 0 atom stereocenters. The lowest BCUT2D eigenvalue weighted by Gasteiger charge is -1.86. The zero-order valence-corrected chi connectivity index (χ0v) is 10.5. The highest BCUT2D eigenvalue weighted by Crippen LogP contribution is 2.06. The van der Waals surface area contributed by atoms with Crippen molar-refractivity contribution in [2.75, 3.05) is 0 Å². The summed E-state index contributed by atoms with van der Waals surface area (Å²) in [5, 5.41) is 8.69. The molecular weight excluding hydrogens is 317 g/mol. The van der Waals surface area contributed by atoms with E-state index < -0.39 is 0 Å². The first kappa shape index (κ1) is 11.1. The van der Waals surface area contributed by atoms with Crippen molar-refractivity contribution in [1.82, 2.24) is 0 Å². The van der Waals surface area contributed by atoms with Gasteiger partial charge >= 0.3 is 26.9 Å². The van der Waals surface area contributed by atoms with Crippen molar-refractivity contribution in [2.45, 2.75) is 0 Å². The maximum absolute atomic E-state index is 10.6. The molecule has 3 nitrogen and oxygen atoms in total. The molecule has 2 rings (SSSR count). The van der Waals surface area contributed by atoms with Gasteiger partial charge in [-0.2, -0.15) is 0 Å². The Labute approximate surface area is 104 Å². The highest BCUT2D eigenvalue weighted by atomic mass is 127. The lowest BCUT2D eigenvalue weighted by atomic mass is 10.3. The minimum atomic E-state index is -0.206. The topological polar surface area (TPSA) is 40.3 Å². The molecule has 0 aliphatic carbocycles. The zero-order chi connectivity index (χ0) is 11.4. The summed E-state index contributed by atoms with van der Waals surface area (Å²) in [4.78, 5) is 10.5. The van der Waals surface area contributed by atoms with Crippen molar-refractivity contribution in [1.29, 1.82) is 0 Å². The molecule has 2 aromatic rings. The number of hydrogen-bond acceptors (Lipinski definition) is 1. The van der Waals surface area contributed by atoms with Crippen LogP contribution >= 0.6 is 0 Å². The highest BCUT2D eigenvalue weighted by Gasteiger charge is 2.17. The summed E-state index contributed by atoms with van der Waals surface area (Å²) in [5.41, 5.74) is 0.265. The Morgan fingerprint density at radius 3 is 2.00 bits per heavy atom. The van der Waals surface area contributed by atoms with Gasteiger partial charge in [-0.25, -0.2) is 5.21 Å². The van der Waals surface area contributed by atoms with Gasteiger partial charge in [0.15, 0.2) is 7.14 Å². The molecule has 0 saturated heterocycles. The fourth-order valence-corrected chi connectivity index (χ4v) is 3.45. The normalized spacial score (nSPS) is 10.0. The quantitative estimate of drug-likeness (QED) is 0.617. The van der Waals surface area contributed by atoms with E-state index in [1.54, 1.807) is 12.1 Å². The molecule has 0 aliphatic heterocycles. The summed E-state index contributed by atoms with van der Waals surface area (Å²) in [6.45, 7) is 0. The lowest BCUT2D eigenvalue weighted by Crippen LogP contribution is -3.61. The Kier molecular flexibility index (Phi) is 3.51. The molecule has 0 aliphatic rings. The largest absolute Gasteiger partial charge is 0.357 e. The monoisotopic (exact) mass is 327 g/mol. The van der Waals surface area contributed by atoms with Gasteiger partial charge in [-0.15, -0.1) is 0 Å². The van der Waals surface area contributed by atoms with Crippen molar-refractivity contribution in [3.63, 3.8) is 0 Å². The summed E-state index contributed by atoms with van der Waals surface area (Å²) in [6.07, 6.45) is 0. The Balaban J connectivity index is 2.14. The molecule has 2 aromatic carbocycles. The Hall–Kier alpha value is -1.43. The standard InChI is InChI=1S/C12H10INO2/c15-14(16)12-8-6-11(7-9-12)13-10-4-2-1-3-5-10/h1-9H,(H,15,16)/q+2. The number of benzene rings is 2. The van der Waals surface area contributed by atoms with E-state index in [0.717, 1.165) is 0 Å². The first-order valence-corrected chi connectivity index (χ1v) is 6.87. The van der Waals surface area contributed by atoms with E-state index in [0.29, 0.717) is 0 Å². The van der Waals surface area contributed by atoms with Crippen LogP contribution < -0.4 is 21.2 Å². The van der Waals surface area contributed by atoms with Gasteiger partial charge in [-0.1, -0.05) is 18.2 Å². The number of rotatable bonds is 3. The maximum Gasteiger partial charge on any atom is 0.357 e. The smallest absolute Gasteiger partial charge is 0.241 e. The van der Waals surface area contributed by atoms with Crippen molar-refractivity contribution in [2.24, 2.45) is 0 Å². The van der Waals surface area contributed by atoms with Crippen molar-refractivity contribution in [3.8, 4) is 0 Å². The number of halogens is 1. The average molecular weight is 327 g/mol. The van der Waals surface area contributed by atoms with Crippen LogP contribution in [0.4, 0.5) is 5.69 Å². The van der Waals surface area contributed by atoms with E-state index >= 15 is 0 Å². The Bertz CT molecular complexity index is 482. The van der Waals surface area contributed by atoms with Gasteiger partial charge in [0.25, 0.3) is 4.92 Å². The third kappa shape index (κ3) is 2.79. The van der Waals surface area contributed by atoms with Crippen LogP contribution in [0.15, 0.2) is 54.6 Å². The molecule has 0 aromatic heterocycles. The zero-order valence-electron chi connectivity index (χ0n) is 8.38. The molecule has 4 heteroatoms. The third-order valence-corrected chi connectivity index (χ3v) is 4.68. The third-order valence-electron chi connectivity index (χ3n) is 2.00. The van der Waals surface area contributed by atoms with Gasteiger partial charge < -0.3 is 0 Å². The average Bonchev–Trinajstić information content (AvgIpc) is 2.31. The summed E-state index contributed by atoms with van der Waals surface area (Å²) in [5.74, 6) is 0. The number of hydrogen-bond donors (Lipinski definition) is 1. The molecule has 0 unspecified atom stereocenters. The second-order valence-electron chi connectivity index (χ2n) is 3.14. The van der Waals surface area contributed by atoms with Crippen LogP contribution in [0.3, 0.4) is 0 Å². The molecule has 0 bridgehead atoms. The van der Waals surface area contributed by atoms with Crippen LogP contribution in [-0.2, 0) is 0 Å². The molecule has 80 valence electrons. The van der Waals surface area contributed by atoms with Crippen LogP contribution in [0.1, 0.15) is 0 Å². The maximum atomic E-state index is 10.6. The highest BCUT2D eigenvalue weighted by molar-refractivity contribution is 5.27. The summed E-state index contributed by atoms with van der Waals surface area (Å²) in [6, 6.07) is 17.3. The van der Waals surface area contributed by atoms with Gasteiger partial charge in [0.2, 0.25) is 0 Å². The summed E-state index contributed by atoms with van der Waals surface area (Å²) >= 11 is -0.206. The fourth-order valence-electron chi connectivity index (χ4n) is 1.24. The predicted octanol–water partition coefficient (Wildman–Crippen LogP) is -0.385. The van der Waals surface area contributed by atoms with E-state index in [9.17, 15) is 4.91 Å². The van der Waals surface area contributed by atoms with Gasteiger partial charge in [0.1, 0.15) is 0 Å². The molecule has 0 radical (unpaired) electrons. The molecule has 16 heavy (non-hydrogen) atoms. The Morgan fingerprint density at radius 2 is 1.44 bits per heavy atom. The summed E-state index contributed by atoms with van der Waals surface area (Å²) < 4.78 is 2.55. The van der Waals surface area contributed by atoms with Gasteiger partial charge in [0.05, 0.1) is 4.91 Å². The molecule has 1 N–H and O–H groups in total. The van der Waals surface area contributed by atoms with Crippen LogP contribution in [-0.4, -0.2) is 10.1 Å². The van der Waals surface area contributed by atoms with Crippen LogP contribution in [0.25, 0.3) is 0 Å². The summed E-state index contributed by atoms with van der Waals surface area (Å²) in [7, 11) is 0. The molecular formula is C12H10INO2+2. The van der Waals surface area contributed by atoms with Crippen LogP contribution in [0.5, 0.6) is 0 Å². The van der Waals surface area contributed by atoms with Crippen molar-refractivity contribution in [3.05, 3.63) is 66.6 Å².